The van der Waals surface area contributed by atoms with Crippen LogP contribution in [-0.2, 0) is 9.59 Å². The largest absolute Gasteiger partial charge is 0.507 e. The number of hydrogen-bond acceptors (Lipinski definition) is 4. The number of Topliss-reactive ketones (excluding diaryl/α,β-unsaturated/α-hetero) is 1. The number of ketones is 1. The lowest BCUT2D eigenvalue weighted by atomic mass is 9.95. The number of hydrogen-bond donors (Lipinski definition) is 1. The molecule has 2 aromatic carbocycles. The van der Waals surface area contributed by atoms with Crippen LogP contribution in [0.2, 0.25) is 0 Å². The van der Waals surface area contributed by atoms with Gasteiger partial charge in [0.25, 0.3) is 11.7 Å². The van der Waals surface area contributed by atoms with E-state index in [1.165, 1.54) is 0 Å². The summed E-state index contributed by atoms with van der Waals surface area (Å²) >= 11 is 3.37. The van der Waals surface area contributed by atoms with Gasteiger partial charge in [-0.05, 0) is 36.2 Å². The number of aliphatic hydroxyl groups excluding tert-OH is 1. The molecule has 1 atom stereocenters. The molecule has 0 bridgehead atoms. The molecule has 0 spiro atoms. The quantitative estimate of drug-likeness (QED) is 0.424. The van der Waals surface area contributed by atoms with Crippen molar-refractivity contribution in [3.05, 3.63) is 69.7 Å². The van der Waals surface area contributed by atoms with Gasteiger partial charge in [-0.25, -0.2) is 0 Å². The molecule has 0 radical (unpaired) electrons. The average Bonchev–Trinajstić information content (AvgIpc) is 2.93. The normalized spacial score (nSPS) is 18.6. The Hall–Kier alpha value is -2.60. The first kappa shape index (κ1) is 20.1. The fraction of sp³-hybridized carbons (Fsp3) is 0.273. The van der Waals surface area contributed by atoms with E-state index in [4.69, 9.17) is 0 Å². The summed E-state index contributed by atoms with van der Waals surface area (Å²) in [5.74, 6) is -1.36. The van der Waals surface area contributed by atoms with E-state index in [0.717, 1.165) is 22.1 Å². The van der Waals surface area contributed by atoms with Crippen LogP contribution in [0.15, 0.2) is 58.6 Å². The van der Waals surface area contributed by atoms with E-state index in [1.54, 1.807) is 29.2 Å². The molecule has 1 fully saturated rings. The molecule has 28 heavy (non-hydrogen) atoms. The SMILES string of the molecule is CCCN1C(=O)C(=O)/C(=C(\O)c2ccc(Br)cc2)C1c1ccc(N(C)C)cc1. The highest BCUT2D eigenvalue weighted by atomic mass is 79.9. The van der Waals surface area contributed by atoms with E-state index in [9.17, 15) is 14.7 Å². The molecule has 1 N–H and O–H groups in total. The van der Waals surface area contributed by atoms with Crippen LogP contribution in [0.1, 0.15) is 30.5 Å². The summed E-state index contributed by atoms with van der Waals surface area (Å²) in [6.45, 7) is 2.40. The van der Waals surface area contributed by atoms with Gasteiger partial charge in [0.15, 0.2) is 0 Å². The zero-order valence-corrected chi connectivity index (χ0v) is 17.7. The first-order valence-electron chi connectivity index (χ1n) is 9.16. The summed E-state index contributed by atoms with van der Waals surface area (Å²) in [5.41, 5.74) is 2.46. The van der Waals surface area contributed by atoms with Crippen LogP contribution < -0.4 is 4.90 Å². The van der Waals surface area contributed by atoms with E-state index in [-0.39, 0.29) is 11.3 Å². The van der Waals surface area contributed by atoms with Gasteiger partial charge in [-0.2, -0.15) is 0 Å². The Morgan fingerprint density at radius 2 is 1.68 bits per heavy atom. The monoisotopic (exact) mass is 442 g/mol. The number of aliphatic hydroxyl groups is 1. The fourth-order valence-corrected chi connectivity index (χ4v) is 3.68. The van der Waals surface area contributed by atoms with Crippen molar-refractivity contribution in [2.45, 2.75) is 19.4 Å². The number of amides is 1. The molecule has 6 heteroatoms. The number of carbonyl (C=O) groups excluding carboxylic acids is 2. The molecule has 1 saturated heterocycles. The second-order valence-electron chi connectivity index (χ2n) is 6.99. The van der Waals surface area contributed by atoms with Crippen molar-refractivity contribution >= 4 is 39.1 Å². The van der Waals surface area contributed by atoms with Gasteiger partial charge in [0, 0.05) is 36.4 Å². The third-order valence-corrected chi connectivity index (χ3v) is 5.38. The highest BCUT2D eigenvalue weighted by Gasteiger charge is 2.45. The molecule has 1 unspecified atom stereocenters. The Morgan fingerprint density at radius 1 is 1.07 bits per heavy atom. The Kier molecular flexibility index (Phi) is 5.89. The Bertz CT molecular complexity index is 918. The lowest BCUT2D eigenvalue weighted by molar-refractivity contribution is -0.139. The van der Waals surface area contributed by atoms with Crippen LogP contribution in [-0.4, -0.2) is 42.3 Å². The molecular weight excluding hydrogens is 420 g/mol. The molecule has 2 aromatic rings. The van der Waals surface area contributed by atoms with Crippen LogP contribution in [0, 0.1) is 0 Å². The molecule has 0 aromatic heterocycles. The van der Waals surface area contributed by atoms with Crippen molar-refractivity contribution < 1.29 is 14.7 Å². The predicted molar refractivity (Wildman–Crippen MR) is 114 cm³/mol. The molecule has 3 rings (SSSR count). The van der Waals surface area contributed by atoms with Gasteiger partial charge in [0.05, 0.1) is 11.6 Å². The molecule has 1 aliphatic rings. The highest BCUT2D eigenvalue weighted by Crippen LogP contribution is 2.39. The first-order chi connectivity index (χ1) is 13.3. The van der Waals surface area contributed by atoms with Crippen molar-refractivity contribution in [3.8, 4) is 0 Å². The van der Waals surface area contributed by atoms with Crippen molar-refractivity contribution in [3.63, 3.8) is 0 Å². The summed E-state index contributed by atoms with van der Waals surface area (Å²) in [5, 5.41) is 10.9. The Morgan fingerprint density at radius 3 is 2.21 bits per heavy atom. The minimum absolute atomic E-state index is 0.137. The number of benzene rings is 2. The van der Waals surface area contributed by atoms with E-state index >= 15 is 0 Å². The van der Waals surface area contributed by atoms with Crippen LogP contribution in [0.25, 0.3) is 5.76 Å². The smallest absolute Gasteiger partial charge is 0.295 e. The molecule has 1 aliphatic heterocycles. The molecule has 0 aliphatic carbocycles. The topological polar surface area (TPSA) is 60.9 Å². The van der Waals surface area contributed by atoms with E-state index in [0.29, 0.717) is 12.1 Å². The fourth-order valence-electron chi connectivity index (χ4n) is 3.42. The van der Waals surface area contributed by atoms with Gasteiger partial charge < -0.3 is 14.9 Å². The van der Waals surface area contributed by atoms with Gasteiger partial charge in [0.1, 0.15) is 5.76 Å². The number of rotatable bonds is 5. The predicted octanol–water partition coefficient (Wildman–Crippen LogP) is 4.35. The van der Waals surface area contributed by atoms with Gasteiger partial charge in [0.2, 0.25) is 0 Å². The summed E-state index contributed by atoms with van der Waals surface area (Å²) in [6.07, 6.45) is 0.720. The molecule has 146 valence electrons. The molecule has 0 saturated carbocycles. The summed E-state index contributed by atoms with van der Waals surface area (Å²) in [6, 6.07) is 14.1. The van der Waals surface area contributed by atoms with Crippen LogP contribution in [0.3, 0.4) is 0 Å². The summed E-state index contributed by atoms with van der Waals surface area (Å²) in [4.78, 5) is 29.0. The third kappa shape index (κ3) is 3.69. The lowest BCUT2D eigenvalue weighted by Gasteiger charge is -2.25. The minimum Gasteiger partial charge on any atom is -0.507 e. The standard InChI is InChI=1S/C22H23BrN2O3/c1-4-13-25-19(14-7-11-17(12-8-14)24(2)3)18(21(27)22(25)28)20(26)15-5-9-16(23)10-6-15/h5-12,19,26H,4,13H2,1-3H3/b20-18-. The maximum Gasteiger partial charge on any atom is 0.295 e. The van der Waals surface area contributed by atoms with Crippen molar-refractivity contribution in [1.82, 2.24) is 4.90 Å². The van der Waals surface area contributed by atoms with Gasteiger partial charge in [-0.15, -0.1) is 0 Å². The molecule has 5 nitrogen and oxygen atoms in total. The number of nitrogens with zero attached hydrogens (tertiary/aromatic N) is 2. The van der Waals surface area contributed by atoms with Crippen LogP contribution in [0.5, 0.6) is 0 Å². The molecular formula is C22H23BrN2O3. The van der Waals surface area contributed by atoms with E-state index in [1.807, 2.05) is 50.2 Å². The van der Waals surface area contributed by atoms with Crippen molar-refractivity contribution in [1.29, 1.82) is 0 Å². The number of likely N-dealkylation sites (tertiary alicyclic amines) is 1. The summed E-state index contributed by atoms with van der Waals surface area (Å²) < 4.78 is 0.867. The van der Waals surface area contributed by atoms with Gasteiger partial charge in [-0.1, -0.05) is 47.1 Å². The highest BCUT2D eigenvalue weighted by molar-refractivity contribution is 9.10. The third-order valence-electron chi connectivity index (χ3n) is 4.85. The average molecular weight is 443 g/mol. The Balaban J connectivity index is 2.14. The van der Waals surface area contributed by atoms with Gasteiger partial charge in [-0.3, -0.25) is 9.59 Å². The zero-order chi connectivity index (χ0) is 20.4. The van der Waals surface area contributed by atoms with Crippen molar-refractivity contribution in [2.24, 2.45) is 0 Å². The maximum absolute atomic E-state index is 12.8. The minimum atomic E-state index is -0.643. The van der Waals surface area contributed by atoms with Crippen molar-refractivity contribution in [2.75, 3.05) is 25.5 Å². The lowest BCUT2D eigenvalue weighted by Crippen LogP contribution is -2.30. The van der Waals surface area contributed by atoms with E-state index < -0.39 is 17.7 Å². The first-order valence-corrected chi connectivity index (χ1v) is 9.96. The molecule has 1 amide bonds. The van der Waals surface area contributed by atoms with Crippen LogP contribution >= 0.6 is 15.9 Å². The number of anilines is 1. The summed E-state index contributed by atoms with van der Waals surface area (Å²) in [7, 11) is 3.90. The number of halogens is 1. The number of carbonyl (C=O) groups is 2. The molecule has 1 heterocycles. The van der Waals surface area contributed by atoms with E-state index in [2.05, 4.69) is 15.9 Å². The second-order valence-corrected chi connectivity index (χ2v) is 7.90. The zero-order valence-electron chi connectivity index (χ0n) is 16.1. The van der Waals surface area contributed by atoms with Gasteiger partial charge >= 0.3 is 0 Å². The maximum atomic E-state index is 12.8. The second kappa shape index (κ2) is 8.19. The van der Waals surface area contributed by atoms with Crippen LogP contribution in [0.4, 0.5) is 5.69 Å². The Labute approximate surface area is 173 Å².